The minimum Gasteiger partial charge on any atom is -0.356 e. The van der Waals surface area contributed by atoms with Crippen LogP contribution in [0.4, 0.5) is 0 Å². The van der Waals surface area contributed by atoms with Crippen LogP contribution in [0.25, 0.3) is 0 Å². The summed E-state index contributed by atoms with van der Waals surface area (Å²) < 4.78 is 0. The lowest BCUT2D eigenvalue weighted by Gasteiger charge is -2.11. The van der Waals surface area contributed by atoms with Gasteiger partial charge in [-0.1, -0.05) is 29.8 Å². The summed E-state index contributed by atoms with van der Waals surface area (Å²) in [4.78, 5) is 8.71. The Hall–Kier alpha value is -1.88. The Morgan fingerprint density at radius 1 is 1.09 bits per heavy atom. The number of nitrogens with one attached hydrogen (secondary N) is 2. The molecule has 4 nitrogen and oxygen atoms in total. The second-order valence-electron chi connectivity index (χ2n) is 5.27. The molecule has 0 fully saturated rings. The zero-order valence-electron chi connectivity index (χ0n) is 13.5. The molecule has 0 aliphatic heterocycles. The number of aromatic nitrogens is 1. The quantitative estimate of drug-likeness (QED) is 0.636. The molecule has 0 aliphatic carbocycles. The number of aryl methyl sites for hydroxylation is 2. The molecule has 0 amide bonds. The lowest BCUT2D eigenvalue weighted by atomic mass is 10.1. The molecule has 0 saturated carbocycles. The van der Waals surface area contributed by atoms with E-state index < -0.39 is 0 Å². The van der Waals surface area contributed by atoms with Crippen molar-refractivity contribution in [2.45, 2.75) is 26.7 Å². The van der Waals surface area contributed by atoms with Gasteiger partial charge in [0.15, 0.2) is 5.96 Å². The fraction of sp³-hybridized carbons (Fsp3) is 0.412. The van der Waals surface area contributed by atoms with Gasteiger partial charge in [0.2, 0.25) is 0 Å². The molecule has 2 aromatic rings. The highest BCUT2D eigenvalue weighted by atomic mass is 32.1. The van der Waals surface area contributed by atoms with Crippen molar-refractivity contribution in [3.63, 3.8) is 0 Å². The van der Waals surface area contributed by atoms with Crippen molar-refractivity contribution in [1.82, 2.24) is 15.6 Å². The van der Waals surface area contributed by atoms with Crippen LogP contribution in [0.15, 0.2) is 34.6 Å². The average molecular weight is 316 g/mol. The fourth-order valence-corrected chi connectivity index (χ4v) is 2.78. The maximum absolute atomic E-state index is 4.46. The van der Waals surface area contributed by atoms with Crippen molar-refractivity contribution in [3.8, 4) is 0 Å². The predicted molar refractivity (Wildman–Crippen MR) is 94.8 cm³/mol. The molecule has 5 heteroatoms. The predicted octanol–water partition coefficient (Wildman–Crippen LogP) is 2.71. The van der Waals surface area contributed by atoms with Crippen LogP contribution in [-0.2, 0) is 12.8 Å². The molecule has 0 bridgehead atoms. The summed E-state index contributed by atoms with van der Waals surface area (Å²) in [7, 11) is 1.80. The maximum atomic E-state index is 4.46. The van der Waals surface area contributed by atoms with Crippen LogP contribution in [-0.4, -0.2) is 31.1 Å². The van der Waals surface area contributed by atoms with Gasteiger partial charge in [-0.05, 0) is 25.8 Å². The average Bonchev–Trinajstić information content (AvgIpc) is 2.93. The number of nitrogens with zero attached hydrogens (tertiary/aromatic N) is 2. The van der Waals surface area contributed by atoms with Crippen molar-refractivity contribution < 1.29 is 0 Å². The van der Waals surface area contributed by atoms with Crippen LogP contribution in [0, 0.1) is 13.8 Å². The highest BCUT2D eigenvalue weighted by Crippen LogP contribution is 2.07. The highest BCUT2D eigenvalue weighted by Gasteiger charge is 2.00. The van der Waals surface area contributed by atoms with E-state index in [1.165, 1.54) is 11.1 Å². The van der Waals surface area contributed by atoms with E-state index in [4.69, 9.17) is 0 Å². The summed E-state index contributed by atoms with van der Waals surface area (Å²) in [5, 5.41) is 9.91. The summed E-state index contributed by atoms with van der Waals surface area (Å²) >= 11 is 1.70. The minimum absolute atomic E-state index is 0.841. The first-order valence-corrected chi connectivity index (χ1v) is 8.46. The number of benzene rings is 1. The highest BCUT2D eigenvalue weighted by molar-refractivity contribution is 7.09. The number of rotatable bonds is 6. The van der Waals surface area contributed by atoms with Gasteiger partial charge in [0.25, 0.3) is 0 Å². The van der Waals surface area contributed by atoms with Crippen LogP contribution < -0.4 is 10.6 Å². The summed E-state index contributed by atoms with van der Waals surface area (Å²) in [5.74, 6) is 0.846. The summed E-state index contributed by atoms with van der Waals surface area (Å²) in [6, 6.07) is 8.66. The zero-order valence-corrected chi connectivity index (χ0v) is 14.3. The van der Waals surface area contributed by atoms with Crippen LogP contribution in [0.1, 0.15) is 21.8 Å². The standard InChI is InChI=1S/C17H24N4S/c1-13-4-6-15(7-5-13)8-10-19-17(18-3)20-11-9-16-12-22-14(2)21-16/h4-7,12H,8-11H2,1-3H3,(H2,18,19,20). The first kappa shape index (κ1) is 16.5. The molecule has 0 radical (unpaired) electrons. The molecule has 118 valence electrons. The van der Waals surface area contributed by atoms with Gasteiger partial charge in [-0.25, -0.2) is 4.98 Å². The molecule has 1 aromatic heterocycles. The molecule has 0 unspecified atom stereocenters. The lowest BCUT2D eigenvalue weighted by Crippen LogP contribution is -2.39. The lowest BCUT2D eigenvalue weighted by molar-refractivity contribution is 0.777. The number of hydrogen-bond acceptors (Lipinski definition) is 3. The molecule has 0 aliphatic rings. The van der Waals surface area contributed by atoms with E-state index in [1.54, 1.807) is 18.4 Å². The van der Waals surface area contributed by atoms with Gasteiger partial charge in [0.1, 0.15) is 0 Å². The largest absolute Gasteiger partial charge is 0.356 e. The van der Waals surface area contributed by atoms with Crippen molar-refractivity contribution in [3.05, 3.63) is 51.5 Å². The zero-order chi connectivity index (χ0) is 15.8. The Morgan fingerprint density at radius 2 is 1.77 bits per heavy atom. The molecule has 0 spiro atoms. The fourth-order valence-electron chi connectivity index (χ4n) is 2.13. The van der Waals surface area contributed by atoms with Crippen molar-refractivity contribution in [1.29, 1.82) is 0 Å². The summed E-state index contributed by atoms with van der Waals surface area (Å²) in [6.45, 7) is 5.86. The Kier molecular flexibility index (Phi) is 6.40. The third-order valence-electron chi connectivity index (χ3n) is 3.39. The summed E-state index contributed by atoms with van der Waals surface area (Å²) in [5.41, 5.74) is 3.78. The molecule has 22 heavy (non-hydrogen) atoms. The smallest absolute Gasteiger partial charge is 0.190 e. The van der Waals surface area contributed by atoms with Gasteiger partial charge >= 0.3 is 0 Å². The molecular weight excluding hydrogens is 292 g/mol. The van der Waals surface area contributed by atoms with Crippen molar-refractivity contribution in [2.24, 2.45) is 4.99 Å². The Labute approximate surface area is 136 Å². The van der Waals surface area contributed by atoms with Crippen LogP contribution in [0.2, 0.25) is 0 Å². The molecule has 0 atom stereocenters. The number of thiazole rings is 1. The van der Waals surface area contributed by atoms with Gasteiger partial charge in [0.05, 0.1) is 10.7 Å². The Morgan fingerprint density at radius 3 is 2.36 bits per heavy atom. The molecule has 1 heterocycles. The van der Waals surface area contributed by atoms with Crippen molar-refractivity contribution in [2.75, 3.05) is 20.1 Å². The first-order chi connectivity index (χ1) is 10.7. The molecule has 2 rings (SSSR count). The number of aliphatic imine (C=N–C) groups is 1. The number of hydrogen-bond donors (Lipinski definition) is 2. The van der Waals surface area contributed by atoms with Crippen molar-refractivity contribution >= 4 is 17.3 Å². The third kappa shape index (κ3) is 5.48. The van der Waals surface area contributed by atoms with Crippen LogP contribution in [0.3, 0.4) is 0 Å². The second kappa shape index (κ2) is 8.54. The van der Waals surface area contributed by atoms with E-state index in [-0.39, 0.29) is 0 Å². The molecule has 1 aromatic carbocycles. The number of guanidine groups is 1. The Balaban J connectivity index is 1.67. The minimum atomic E-state index is 0.841. The SMILES string of the molecule is CN=C(NCCc1ccc(C)cc1)NCCc1csc(C)n1. The van der Waals surface area contributed by atoms with Gasteiger partial charge in [0, 0.05) is 31.9 Å². The monoisotopic (exact) mass is 316 g/mol. The van der Waals surface area contributed by atoms with Gasteiger partial charge in [-0.2, -0.15) is 0 Å². The normalized spacial score (nSPS) is 11.5. The van der Waals surface area contributed by atoms with Gasteiger partial charge in [-0.3, -0.25) is 4.99 Å². The first-order valence-electron chi connectivity index (χ1n) is 7.58. The molecule has 0 saturated heterocycles. The second-order valence-corrected chi connectivity index (χ2v) is 6.33. The summed E-state index contributed by atoms with van der Waals surface area (Å²) in [6.07, 6.45) is 1.91. The molecule has 2 N–H and O–H groups in total. The third-order valence-corrected chi connectivity index (χ3v) is 4.21. The Bertz CT molecular complexity index is 601. The maximum Gasteiger partial charge on any atom is 0.190 e. The van der Waals surface area contributed by atoms with E-state index >= 15 is 0 Å². The van der Waals surface area contributed by atoms with E-state index in [2.05, 4.69) is 57.2 Å². The van der Waals surface area contributed by atoms with E-state index in [0.29, 0.717) is 0 Å². The molecular formula is C17H24N4S. The topological polar surface area (TPSA) is 49.3 Å². The van der Waals surface area contributed by atoms with E-state index in [9.17, 15) is 0 Å². The van der Waals surface area contributed by atoms with Gasteiger partial charge in [-0.15, -0.1) is 11.3 Å². The van der Waals surface area contributed by atoms with Crippen LogP contribution in [0.5, 0.6) is 0 Å². The van der Waals surface area contributed by atoms with E-state index in [0.717, 1.165) is 42.6 Å². The van der Waals surface area contributed by atoms with Gasteiger partial charge < -0.3 is 10.6 Å². The van der Waals surface area contributed by atoms with Crippen LogP contribution >= 0.6 is 11.3 Å². The van der Waals surface area contributed by atoms with E-state index in [1.807, 2.05) is 6.92 Å².